The fourth-order valence-electron chi connectivity index (χ4n) is 13.1. The van der Waals surface area contributed by atoms with Crippen molar-refractivity contribution in [2.24, 2.45) is 26.7 Å². The van der Waals surface area contributed by atoms with E-state index in [9.17, 15) is 0 Å². The molecule has 0 amide bonds. The van der Waals surface area contributed by atoms with Crippen LogP contribution in [0.3, 0.4) is 0 Å². The number of benzene rings is 8. The molecule has 10 nitrogen and oxygen atoms in total. The van der Waals surface area contributed by atoms with E-state index < -0.39 is 57.6 Å². The molecule has 625 valence electrons. The Balaban J connectivity index is 0.000000441. The molecule has 0 unspecified atom stereocenters. The summed E-state index contributed by atoms with van der Waals surface area (Å²) in [5, 5.41) is 4.81. The molecule has 14 aliphatic rings. The number of aliphatic imine (C=N–C) groups is 4. The van der Waals surface area contributed by atoms with Gasteiger partial charge in [0.15, 0.2) is 8.24 Å². The number of hydrogen-bond acceptors (Lipinski definition) is 7. The zero-order valence-corrected chi connectivity index (χ0v) is 96.5. The van der Waals surface area contributed by atoms with Crippen molar-refractivity contribution in [3.05, 3.63) is 311 Å². The van der Waals surface area contributed by atoms with Gasteiger partial charge in [-0.1, -0.05) is 308 Å². The van der Waals surface area contributed by atoms with E-state index in [1.165, 1.54) is 78.2 Å². The van der Waals surface area contributed by atoms with Crippen molar-refractivity contribution in [3.8, 4) is 0 Å². The molecule has 14 aliphatic heterocycles. The summed E-state index contributed by atoms with van der Waals surface area (Å²) < 4.78 is 20.7. The maximum Gasteiger partial charge on any atom is 2.00 e. The third-order valence-electron chi connectivity index (χ3n) is 17.1. The van der Waals surface area contributed by atoms with E-state index in [0.717, 1.165) is 132 Å². The van der Waals surface area contributed by atoms with Crippen LogP contribution in [0.25, 0.3) is 14.6 Å². The van der Waals surface area contributed by atoms with Crippen LogP contribution in [0.1, 0.15) is 111 Å². The number of anilines is 1. The molecule has 1 radical (unpaired) electrons. The second kappa shape index (κ2) is 50.8. The number of hydrogen-bond donors (Lipinski definition) is 0. The summed E-state index contributed by atoms with van der Waals surface area (Å²) in [5.41, 5.74) is 27.7. The Bertz CT molecular complexity index is 4490. The minimum atomic E-state index is -1.72. The smallest absolute Gasteiger partial charge is 0.0715 e. The SMILES string of the molecule is CC1=Nc2ccc(cc2)Cc2ccc(cc2)N=C(C)/C=C(/C)Cc2ccc(cc2)Cc2ccc(cc2)C/C(C)=C\1.CC1=Nc2ccc(cc2)Cc2ccc(cc2)N=C(C)/C=C(/C)N([Si](C)(C)C)c2ccc(cc2)Cc2ccc(cc2)[N-]/C(C)=C\1.C[Si](C)(C)[N-][Si](C)(C)C.C[Si](C)(C)[N-][Si](C)(C)C.C[Si](C)(C)[N]=[Zn].C[Si](C)(C)[N]=[Zn].C[Si](C)C.[Zn+2]. The van der Waals surface area contributed by atoms with E-state index in [1.54, 1.807) is 0 Å². The van der Waals surface area contributed by atoms with Crippen LogP contribution in [-0.2, 0) is 94.2 Å². The summed E-state index contributed by atoms with van der Waals surface area (Å²) in [4.78, 5) is 19.4. The van der Waals surface area contributed by atoms with Gasteiger partial charge in [0, 0.05) is 43.0 Å². The second-order valence-electron chi connectivity index (χ2n) is 38.9. The minimum absolute atomic E-state index is 0. The van der Waals surface area contributed by atoms with E-state index in [1.807, 2.05) is 19.9 Å². The third-order valence-corrected chi connectivity index (χ3v) is 43.6. The van der Waals surface area contributed by atoms with Gasteiger partial charge in [-0.2, -0.15) is 5.70 Å². The van der Waals surface area contributed by atoms with E-state index in [0.29, 0.717) is 0 Å². The summed E-state index contributed by atoms with van der Waals surface area (Å²) in [5.74, 6) is 0. The first kappa shape index (κ1) is 107. The van der Waals surface area contributed by atoms with Crippen molar-refractivity contribution in [2.75, 3.05) is 4.57 Å². The van der Waals surface area contributed by atoms with Crippen LogP contribution in [0.5, 0.6) is 0 Å². The fourth-order valence-corrected chi connectivity index (χ4v) is 31.3. The van der Waals surface area contributed by atoms with Gasteiger partial charge in [-0.15, -0.1) is 5.69 Å². The Morgan fingerprint density at radius 3 is 0.731 bits per heavy atom. The van der Waals surface area contributed by atoms with E-state index >= 15 is 0 Å². The Morgan fingerprint density at radius 1 is 0.311 bits per heavy atom. The average Bonchev–Trinajstić information content (AvgIpc) is 0.806. The molecule has 21 heteroatoms. The molecule has 0 fully saturated rings. The largest absolute Gasteiger partial charge is 2.00 e. The van der Waals surface area contributed by atoms with Gasteiger partial charge < -0.3 is 19.2 Å². The predicted octanol–water partition coefficient (Wildman–Crippen LogP) is 31.5. The molecule has 0 spiro atoms. The van der Waals surface area contributed by atoms with Crippen LogP contribution in [0.2, 0.25) is 157 Å². The normalized spacial score (nSPS) is 15.7. The number of rotatable bonds is 7. The van der Waals surface area contributed by atoms with Crippen LogP contribution >= 0.6 is 0 Å². The van der Waals surface area contributed by atoms with Gasteiger partial charge in [-0.3, -0.25) is 20.0 Å². The van der Waals surface area contributed by atoms with Crippen molar-refractivity contribution in [3.63, 3.8) is 0 Å². The minimum Gasteiger partial charge on any atom is -0.0715 e. The Kier molecular flexibility index (Phi) is 45.8. The standard InChI is InChI=1S/C39H43N4Si.C38H38N2.2C6H18NSi2.2C3H9NSi.C3H9Si.3Zn/c1-28-24-29(2)41-37-18-10-34(11-19-37)27-35-14-22-39(23-15-35)43(44(5,6)7)31(4)25-30(3)42-38-20-12-33(13-21-38)26-32-8-16-36(40-28)17-9-32;1-27-21-29(3)39-37-17-13-35(14-18-37)26-36-15-19-38(20-16-36)40-30(4)22-28(2)24-32-7-11-34(12-8-32)25-33-9-5-31(23-27)6-10-33;2*1-8(2,3)7-9(4,5)6;2*1-5(2,3)4;1-4(2)3;;;/h8-25H,26-27H2,1-7H3;5-22H,23-26H2,1-4H3;2*1-6H3;2*1-3H3;1-3H3;;;/q-1;;2*-1;;;;;;+2/b29-24-,31-25-,40-28?,42-30?;27-21-,28-22-,39-29?,40-30?;;;;;;;;. The molecular weight excluding hydrogens is 1740 g/mol. The summed E-state index contributed by atoms with van der Waals surface area (Å²) in [6.45, 7) is 71.9. The molecule has 0 aliphatic carbocycles. The zero-order valence-electron chi connectivity index (χ0n) is 79.6. The maximum absolute atomic E-state index is 4.93. The van der Waals surface area contributed by atoms with Gasteiger partial charge in [0.25, 0.3) is 0 Å². The Labute approximate surface area is 765 Å². The molecule has 0 aromatic heterocycles. The molecule has 0 atom stereocenters. The van der Waals surface area contributed by atoms with Crippen LogP contribution in [0.15, 0.2) is 268 Å². The summed E-state index contributed by atoms with van der Waals surface area (Å²) in [7, 11) is -7.93. The fraction of sp³-hybridized carbons (Fsp3) is 0.388. The first-order valence-electron chi connectivity index (χ1n) is 42.0. The van der Waals surface area contributed by atoms with Crippen LogP contribution < -0.4 is 4.57 Å². The molecule has 119 heavy (non-hydrogen) atoms. The topological polar surface area (TPSA) is 120 Å². The summed E-state index contributed by atoms with van der Waals surface area (Å²) in [6.07, 6.45) is 14.1. The third kappa shape index (κ3) is 49.3. The van der Waals surface area contributed by atoms with Crippen LogP contribution in [0, 0.1) is 0 Å². The molecule has 8 aromatic carbocycles. The molecular formula is C98H144N10Si8Zn3-. The number of allylic oxidation sites excluding steroid dienone is 8. The van der Waals surface area contributed by atoms with Gasteiger partial charge in [-0.25, -0.2) is 0 Å². The molecule has 14 heterocycles. The van der Waals surface area contributed by atoms with Gasteiger partial charge in [0.05, 0.1) is 22.7 Å². The van der Waals surface area contributed by atoms with Gasteiger partial charge >= 0.3 is 118 Å². The Morgan fingerprint density at radius 2 is 0.513 bits per heavy atom. The molecule has 16 bridgehead atoms. The number of nitrogens with zero attached hydrogens (tertiary/aromatic N) is 10. The Hall–Kier alpha value is -5.87. The molecule has 0 N–H and O–H groups in total. The van der Waals surface area contributed by atoms with Crippen molar-refractivity contribution in [1.82, 2.24) is 0 Å². The van der Waals surface area contributed by atoms with Crippen molar-refractivity contribution >= 4 is 123 Å². The van der Waals surface area contributed by atoms with E-state index in [4.69, 9.17) is 34.6 Å². The van der Waals surface area contributed by atoms with Crippen molar-refractivity contribution < 1.29 is 55.7 Å². The summed E-state index contributed by atoms with van der Waals surface area (Å²) >= 11 is 2.24. The monoisotopic (exact) mass is 1880 g/mol. The first-order chi connectivity index (χ1) is 54.7. The average molecular weight is 1880 g/mol. The summed E-state index contributed by atoms with van der Waals surface area (Å²) in [6, 6.07) is 69.9. The molecule has 22 rings (SSSR count). The van der Waals surface area contributed by atoms with Crippen molar-refractivity contribution in [2.45, 2.75) is 251 Å². The first-order valence-corrected chi connectivity index (χ1v) is 71.8. The second-order valence-corrected chi connectivity index (χ2v) is 79.2. The molecule has 0 saturated heterocycles. The quantitative estimate of drug-likeness (QED) is 0.145. The zero-order chi connectivity index (χ0) is 88.6. The predicted molar refractivity (Wildman–Crippen MR) is 540 cm³/mol. The van der Waals surface area contributed by atoms with Gasteiger partial charge in [0.2, 0.25) is 0 Å². The van der Waals surface area contributed by atoms with Crippen molar-refractivity contribution in [1.29, 1.82) is 0 Å². The molecule has 8 aromatic rings. The van der Waals surface area contributed by atoms with Gasteiger partial charge in [-0.05, 0) is 222 Å². The van der Waals surface area contributed by atoms with Gasteiger partial charge in [0.1, 0.15) is 0 Å². The molecule has 0 saturated carbocycles. The van der Waals surface area contributed by atoms with Crippen LogP contribution in [0.4, 0.5) is 34.1 Å². The maximum atomic E-state index is 4.93. The van der Waals surface area contributed by atoms with E-state index in [-0.39, 0.29) is 28.3 Å². The van der Waals surface area contributed by atoms with Crippen LogP contribution in [-0.4, -0.2) is 89.3 Å². The van der Waals surface area contributed by atoms with E-state index in [2.05, 4.69) is 422 Å².